The molecule has 0 radical (unpaired) electrons. The van der Waals surface area contributed by atoms with Gasteiger partial charge in [0, 0.05) is 17.0 Å². The van der Waals surface area contributed by atoms with Crippen LogP contribution in [0.1, 0.15) is 36.2 Å². The number of hydrogen-bond donors (Lipinski definition) is 1. The van der Waals surface area contributed by atoms with E-state index in [9.17, 15) is 9.59 Å². The monoisotopic (exact) mass is 328 g/mol. The number of thiophene rings is 1. The second kappa shape index (κ2) is 6.96. The molecule has 1 atom stereocenters. The van der Waals surface area contributed by atoms with E-state index < -0.39 is 0 Å². The van der Waals surface area contributed by atoms with Crippen LogP contribution in [-0.4, -0.2) is 18.4 Å². The Bertz CT molecular complexity index is 697. The number of carbonyl (C=O) groups is 2. The summed E-state index contributed by atoms with van der Waals surface area (Å²) in [4.78, 5) is 27.4. The van der Waals surface area contributed by atoms with Crippen LogP contribution < -0.4 is 10.2 Å². The third kappa shape index (κ3) is 3.45. The zero-order valence-corrected chi connectivity index (χ0v) is 13.9. The van der Waals surface area contributed by atoms with Crippen LogP contribution in [0, 0.1) is 0 Å². The van der Waals surface area contributed by atoms with Gasteiger partial charge in [-0.25, -0.2) is 0 Å². The summed E-state index contributed by atoms with van der Waals surface area (Å²) in [7, 11) is 0. The second-order valence-corrected chi connectivity index (χ2v) is 6.63. The molecule has 2 amide bonds. The number of benzene rings is 1. The number of nitrogens with one attached hydrogen (secondary N) is 1. The molecule has 0 aliphatic carbocycles. The van der Waals surface area contributed by atoms with Crippen LogP contribution >= 0.6 is 11.3 Å². The molecule has 1 aromatic carbocycles. The molecule has 23 heavy (non-hydrogen) atoms. The fourth-order valence-electron chi connectivity index (χ4n) is 2.92. The Balaban J connectivity index is 1.71. The zero-order valence-electron chi connectivity index (χ0n) is 13.1. The number of carbonyl (C=O) groups excluding carboxylic acids is 2. The number of aryl methyl sites for hydroxylation is 1. The molecular weight excluding hydrogens is 308 g/mol. The molecule has 4 nitrogen and oxygen atoms in total. The lowest BCUT2D eigenvalue weighted by Crippen LogP contribution is -2.43. The molecule has 3 rings (SSSR count). The Morgan fingerprint density at radius 2 is 2.09 bits per heavy atom. The third-order valence-electron chi connectivity index (χ3n) is 4.12. The Labute approximate surface area is 140 Å². The van der Waals surface area contributed by atoms with E-state index >= 15 is 0 Å². The van der Waals surface area contributed by atoms with E-state index in [0.29, 0.717) is 6.42 Å². The Hall–Kier alpha value is -2.14. The van der Waals surface area contributed by atoms with E-state index in [1.54, 1.807) is 16.2 Å². The lowest BCUT2D eigenvalue weighted by molar-refractivity contribution is -0.124. The maximum atomic E-state index is 12.4. The summed E-state index contributed by atoms with van der Waals surface area (Å²) in [5.74, 6) is -0.0988. The first-order valence-corrected chi connectivity index (χ1v) is 8.78. The van der Waals surface area contributed by atoms with Crippen LogP contribution in [0.3, 0.4) is 0 Å². The molecule has 1 aliphatic rings. The molecule has 1 aliphatic heterocycles. The van der Waals surface area contributed by atoms with Gasteiger partial charge in [0.15, 0.2) is 0 Å². The van der Waals surface area contributed by atoms with Crippen LogP contribution in [0.25, 0.3) is 0 Å². The number of amides is 2. The van der Waals surface area contributed by atoms with E-state index in [4.69, 9.17) is 0 Å². The Morgan fingerprint density at radius 3 is 2.83 bits per heavy atom. The summed E-state index contributed by atoms with van der Waals surface area (Å²) in [5, 5.41) is 5.05. The van der Waals surface area contributed by atoms with E-state index in [1.807, 2.05) is 48.7 Å². The molecule has 0 saturated carbocycles. The van der Waals surface area contributed by atoms with Crippen molar-refractivity contribution in [2.75, 3.05) is 11.4 Å². The Kier molecular flexibility index (Phi) is 4.76. The van der Waals surface area contributed by atoms with Gasteiger partial charge in [-0.1, -0.05) is 31.2 Å². The molecule has 1 aromatic heterocycles. The predicted molar refractivity (Wildman–Crippen MR) is 92.6 cm³/mol. The summed E-state index contributed by atoms with van der Waals surface area (Å²) in [6, 6.07) is 11.8. The van der Waals surface area contributed by atoms with Crippen molar-refractivity contribution in [1.29, 1.82) is 0 Å². The van der Waals surface area contributed by atoms with Gasteiger partial charge in [-0.2, -0.15) is 0 Å². The molecule has 0 spiro atoms. The van der Waals surface area contributed by atoms with Gasteiger partial charge in [0.2, 0.25) is 11.8 Å². The third-order valence-corrected chi connectivity index (χ3v) is 5.11. The van der Waals surface area contributed by atoms with Crippen molar-refractivity contribution in [3.05, 3.63) is 52.2 Å². The molecule has 0 bridgehead atoms. The van der Waals surface area contributed by atoms with Crippen LogP contribution in [-0.2, 0) is 16.0 Å². The van der Waals surface area contributed by atoms with E-state index in [0.717, 1.165) is 29.0 Å². The number of anilines is 1. The second-order valence-electron chi connectivity index (χ2n) is 5.65. The number of nitrogens with zero attached hydrogens (tertiary/aromatic N) is 1. The van der Waals surface area contributed by atoms with Crippen LogP contribution in [0.4, 0.5) is 5.69 Å². The molecule has 1 unspecified atom stereocenters. The van der Waals surface area contributed by atoms with Crippen molar-refractivity contribution < 1.29 is 9.59 Å². The van der Waals surface area contributed by atoms with Crippen molar-refractivity contribution >= 4 is 28.8 Å². The molecule has 2 aromatic rings. The van der Waals surface area contributed by atoms with Gasteiger partial charge in [0.05, 0.1) is 6.04 Å². The highest BCUT2D eigenvalue weighted by Crippen LogP contribution is 2.27. The highest BCUT2D eigenvalue weighted by Gasteiger charge is 2.26. The molecule has 0 saturated heterocycles. The first-order valence-electron chi connectivity index (χ1n) is 7.90. The fraction of sp³-hybridized carbons (Fsp3) is 0.333. The van der Waals surface area contributed by atoms with Gasteiger partial charge < -0.3 is 10.2 Å². The molecule has 0 fully saturated rings. The highest BCUT2D eigenvalue weighted by molar-refractivity contribution is 7.10. The van der Waals surface area contributed by atoms with Gasteiger partial charge in [-0.15, -0.1) is 11.3 Å². The normalized spacial score (nSPS) is 15.2. The molecule has 120 valence electrons. The number of fused-ring (bicyclic) bond motifs is 1. The summed E-state index contributed by atoms with van der Waals surface area (Å²) in [5.41, 5.74) is 1.99. The van der Waals surface area contributed by atoms with Gasteiger partial charge in [-0.05, 0) is 35.9 Å². The Morgan fingerprint density at radius 1 is 1.26 bits per heavy atom. The maximum absolute atomic E-state index is 12.4. The predicted octanol–water partition coefficient (Wildman–Crippen LogP) is 3.29. The lowest BCUT2D eigenvalue weighted by Gasteiger charge is -2.29. The largest absolute Gasteiger partial charge is 0.347 e. The molecule has 1 N–H and O–H groups in total. The summed E-state index contributed by atoms with van der Waals surface area (Å²) in [6.07, 6.45) is 2.04. The van der Waals surface area contributed by atoms with Crippen molar-refractivity contribution in [3.8, 4) is 0 Å². The van der Waals surface area contributed by atoms with Crippen LogP contribution in [0.5, 0.6) is 0 Å². The number of para-hydroxylation sites is 1. The quantitative estimate of drug-likeness (QED) is 0.915. The highest BCUT2D eigenvalue weighted by atomic mass is 32.1. The van der Waals surface area contributed by atoms with E-state index in [1.165, 1.54) is 0 Å². The van der Waals surface area contributed by atoms with Gasteiger partial charge in [-0.3, -0.25) is 9.59 Å². The van der Waals surface area contributed by atoms with Gasteiger partial charge in [0.25, 0.3) is 0 Å². The van der Waals surface area contributed by atoms with E-state index in [-0.39, 0.29) is 24.4 Å². The number of hydrogen-bond acceptors (Lipinski definition) is 3. The minimum Gasteiger partial charge on any atom is -0.347 e. The minimum absolute atomic E-state index is 0.0117. The topological polar surface area (TPSA) is 49.4 Å². The summed E-state index contributed by atoms with van der Waals surface area (Å²) >= 11 is 1.64. The smallest absolute Gasteiger partial charge is 0.240 e. The van der Waals surface area contributed by atoms with Crippen molar-refractivity contribution in [2.24, 2.45) is 0 Å². The average molecular weight is 328 g/mol. The van der Waals surface area contributed by atoms with Crippen molar-refractivity contribution in [2.45, 2.75) is 32.2 Å². The SMILES string of the molecule is CCC(NC(=O)CN1C(=O)CCc2ccccc21)c1cccs1. The standard InChI is InChI=1S/C18H20N2O2S/c1-2-14(16-8-5-11-23-16)19-17(21)12-20-15-7-4-3-6-13(15)9-10-18(20)22/h3-8,11,14H,2,9-10,12H2,1H3,(H,19,21). The van der Waals surface area contributed by atoms with Crippen molar-refractivity contribution in [1.82, 2.24) is 5.32 Å². The first-order chi connectivity index (χ1) is 11.2. The van der Waals surface area contributed by atoms with Crippen molar-refractivity contribution in [3.63, 3.8) is 0 Å². The van der Waals surface area contributed by atoms with E-state index in [2.05, 4.69) is 5.32 Å². The van der Waals surface area contributed by atoms with Crippen LogP contribution in [0.15, 0.2) is 41.8 Å². The van der Waals surface area contributed by atoms with Gasteiger partial charge in [0.1, 0.15) is 6.54 Å². The number of rotatable bonds is 5. The lowest BCUT2D eigenvalue weighted by atomic mass is 10.0. The van der Waals surface area contributed by atoms with Crippen LogP contribution in [0.2, 0.25) is 0 Å². The molecule has 5 heteroatoms. The first kappa shape index (κ1) is 15.7. The maximum Gasteiger partial charge on any atom is 0.240 e. The summed E-state index contributed by atoms with van der Waals surface area (Å²) in [6.45, 7) is 2.13. The minimum atomic E-state index is -0.115. The fourth-order valence-corrected chi connectivity index (χ4v) is 3.78. The molecular formula is C18H20N2O2S. The summed E-state index contributed by atoms with van der Waals surface area (Å²) < 4.78 is 0. The van der Waals surface area contributed by atoms with Gasteiger partial charge >= 0.3 is 0 Å². The molecule has 2 heterocycles. The zero-order chi connectivity index (χ0) is 16.2. The average Bonchev–Trinajstić information content (AvgIpc) is 3.09.